The number of anilines is 1. The predicted molar refractivity (Wildman–Crippen MR) is 84.8 cm³/mol. The Morgan fingerprint density at radius 3 is 2.82 bits per heavy atom. The third-order valence-corrected chi connectivity index (χ3v) is 4.31. The van der Waals surface area contributed by atoms with Crippen molar-refractivity contribution >= 4 is 16.9 Å². The molecule has 1 fully saturated rings. The van der Waals surface area contributed by atoms with E-state index in [4.69, 9.17) is 0 Å². The number of nitrogens with zero attached hydrogens (tertiary/aromatic N) is 5. The van der Waals surface area contributed by atoms with Crippen molar-refractivity contribution in [2.75, 3.05) is 18.0 Å². The lowest BCUT2D eigenvalue weighted by molar-refractivity contribution is 0.483. The smallest absolute Gasteiger partial charge is 0.142 e. The molecule has 0 atom stereocenters. The summed E-state index contributed by atoms with van der Waals surface area (Å²) in [4.78, 5) is 23.2. The van der Waals surface area contributed by atoms with Crippen LogP contribution < -0.4 is 4.90 Å². The van der Waals surface area contributed by atoms with Crippen molar-refractivity contribution in [1.82, 2.24) is 24.9 Å². The monoisotopic (exact) mass is 294 g/mol. The zero-order valence-corrected chi connectivity index (χ0v) is 12.5. The number of aromatic amines is 1. The minimum Gasteiger partial charge on any atom is -0.356 e. The van der Waals surface area contributed by atoms with Crippen molar-refractivity contribution < 1.29 is 0 Å². The van der Waals surface area contributed by atoms with Crippen LogP contribution >= 0.6 is 0 Å². The van der Waals surface area contributed by atoms with Crippen molar-refractivity contribution in [2.24, 2.45) is 0 Å². The van der Waals surface area contributed by atoms with Crippen LogP contribution in [0.3, 0.4) is 0 Å². The van der Waals surface area contributed by atoms with Gasteiger partial charge in [-0.2, -0.15) is 0 Å². The van der Waals surface area contributed by atoms with Crippen LogP contribution in [0.4, 0.5) is 5.82 Å². The zero-order valence-electron chi connectivity index (χ0n) is 12.5. The number of rotatable bonds is 2. The number of fused-ring (bicyclic) bond motifs is 1. The molecule has 0 spiro atoms. The highest BCUT2D eigenvalue weighted by molar-refractivity contribution is 5.87. The Morgan fingerprint density at radius 1 is 1.14 bits per heavy atom. The summed E-state index contributed by atoms with van der Waals surface area (Å²) in [5.41, 5.74) is 1.94. The molecule has 0 unspecified atom stereocenters. The Hall–Kier alpha value is -2.50. The van der Waals surface area contributed by atoms with Crippen LogP contribution in [0.5, 0.6) is 0 Å². The van der Waals surface area contributed by atoms with Crippen LogP contribution in [-0.2, 0) is 0 Å². The first kappa shape index (κ1) is 13.2. The molecule has 3 aromatic heterocycles. The van der Waals surface area contributed by atoms with Crippen LogP contribution in [0.25, 0.3) is 11.0 Å². The van der Waals surface area contributed by atoms with E-state index in [0.29, 0.717) is 5.92 Å². The molecule has 112 valence electrons. The van der Waals surface area contributed by atoms with Gasteiger partial charge >= 0.3 is 0 Å². The minimum atomic E-state index is 0.444. The number of hydrogen-bond donors (Lipinski definition) is 1. The number of H-pyrrole nitrogens is 1. The van der Waals surface area contributed by atoms with Gasteiger partial charge in [0, 0.05) is 37.1 Å². The van der Waals surface area contributed by atoms with Gasteiger partial charge in [-0.3, -0.25) is 0 Å². The Morgan fingerprint density at radius 2 is 2.00 bits per heavy atom. The largest absolute Gasteiger partial charge is 0.356 e. The van der Waals surface area contributed by atoms with E-state index in [1.54, 1.807) is 6.33 Å². The first-order valence-electron chi connectivity index (χ1n) is 7.64. The molecule has 1 aliphatic heterocycles. The van der Waals surface area contributed by atoms with Crippen molar-refractivity contribution in [1.29, 1.82) is 0 Å². The molecule has 0 aliphatic carbocycles. The lowest BCUT2D eigenvalue weighted by Crippen LogP contribution is -2.34. The molecule has 6 nitrogen and oxygen atoms in total. The van der Waals surface area contributed by atoms with E-state index in [2.05, 4.69) is 29.8 Å². The van der Waals surface area contributed by atoms with E-state index in [9.17, 15) is 0 Å². The number of aryl methyl sites for hydroxylation is 1. The molecule has 0 saturated carbocycles. The first-order valence-corrected chi connectivity index (χ1v) is 7.64. The van der Waals surface area contributed by atoms with Gasteiger partial charge in [0.25, 0.3) is 0 Å². The van der Waals surface area contributed by atoms with Gasteiger partial charge in [0.15, 0.2) is 0 Å². The summed E-state index contributed by atoms with van der Waals surface area (Å²) in [5.74, 6) is 2.45. The normalized spacial score (nSPS) is 16.3. The van der Waals surface area contributed by atoms with Gasteiger partial charge < -0.3 is 9.88 Å². The highest BCUT2D eigenvalue weighted by Crippen LogP contribution is 2.30. The number of aromatic nitrogens is 5. The topological polar surface area (TPSA) is 70.6 Å². The maximum Gasteiger partial charge on any atom is 0.142 e. The Balaban J connectivity index is 1.53. The lowest BCUT2D eigenvalue weighted by atomic mass is 9.95. The molecule has 6 heteroatoms. The SMILES string of the molecule is Cc1ccnc(C2CCN(c3ncnc4[nH]ccc34)CC2)n1. The van der Waals surface area contributed by atoms with E-state index in [1.807, 2.05) is 31.5 Å². The van der Waals surface area contributed by atoms with Gasteiger partial charge in [0.2, 0.25) is 0 Å². The number of hydrogen-bond acceptors (Lipinski definition) is 5. The molecular weight excluding hydrogens is 276 g/mol. The van der Waals surface area contributed by atoms with Crippen LogP contribution in [-0.4, -0.2) is 38.0 Å². The molecule has 0 radical (unpaired) electrons. The maximum absolute atomic E-state index is 4.58. The fraction of sp³-hybridized carbons (Fsp3) is 0.375. The second-order valence-electron chi connectivity index (χ2n) is 5.75. The van der Waals surface area contributed by atoms with E-state index < -0.39 is 0 Å². The van der Waals surface area contributed by atoms with Gasteiger partial charge in [-0.05, 0) is 31.9 Å². The fourth-order valence-electron chi connectivity index (χ4n) is 3.13. The second kappa shape index (κ2) is 5.36. The van der Waals surface area contributed by atoms with Gasteiger partial charge in [-0.25, -0.2) is 19.9 Å². The van der Waals surface area contributed by atoms with Crippen molar-refractivity contribution in [3.05, 3.63) is 42.4 Å². The minimum absolute atomic E-state index is 0.444. The predicted octanol–water partition coefficient (Wildman–Crippen LogP) is 2.44. The molecule has 0 aromatic carbocycles. The fourth-order valence-corrected chi connectivity index (χ4v) is 3.13. The highest BCUT2D eigenvalue weighted by Gasteiger charge is 2.24. The number of piperidine rings is 1. The molecule has 0 bridgehead atoms. The van der Waals surface area contributed by atoms with Gasteiger partial charge in [0.05, 0.1) is 5.39 Å². The molecule has 22 heavy (non-hydrogen) atoms. The summed E-state index contributed by atoms with van der Waals surface area (Å²) in [6.07, 6.45) is 7.51. The second-order valence-corrected chi connectivity index (χ2v) is 5.75. The van der Waals surface area contributed by atoms with E-state index >= 15 is 0 Å². The molecule has 0 amide bonds. The maximum atomic E-state index is 4.58. The third-order valence-electron chi connectivity index (χ3n) is 4.31. The quantitative estimate of drug-likeness (QED) is 0.786. The van der Waals surface area contributed by atoms with E-state index in [-0.39, 0.29) is 0 Å². The summed E-state index contributed by atoms with van der Waals surface area (Å²) in [5, 5.41) is 1.09. The molecular formula is C16H18N6. The average molecular weight is 294 g/mol. The standard InChI is InChI=1S/C16H18N6/c1-11-2-6-17-14(21-11)12-4-8-22(9-5-12)16-13-3-7-18-15(13)19-10-20-16/h2-3,6-7,10,12H,4-5,8-9H2,1H3,(H,18,19,20). The molecule has 4 rings (SSSR count). The zero-order chi connectivity index (χ0) is 14.9. The molecule has 4 heterocycles. The van der Waals surface area contributed by atoms with Gasteiger partial charge in [-0.15, -0.1) is 0 Å². The van der Waals surface area contributed by atoms with Crippen LogP contribution in [0, 0.1) is 6.92 Å². The first-order chi connectivity index (χ1) is 10.8. The Bertz CT molecular complexity index is 788. The summed E-state index contributed by atoms with van der Waals surface area (Å²) in [7, 11) is 0. The summed E-state index contributed by atoms with van der Waals surface area (Å²) >= 11 is 0. The van der Waals surface area contributed by atoms with Crippen molar-refractivity contribution in [3.63, 3.8) is 0 Å². The molecule has 3 aromatic rings. The summed E-state index contributed by atoms with van der Waals surface area (Å²) in [6.45, 7) is 3.96. The number of nitrogens with one attached hydrogen (secondary N) is 1. The van der Waals surface area contributed by atoms with Crippen molar-refractivity contribution in [2.45, 2.75) is 25.7 Å². The van der Waals surface area contributed by atoms with Crippen molar-refractivity contribution in [3.8, 4) is 0 Å². The van der Waals surface area contributed by atoms with Crippen LogP contribution in [0.2, 0.25) is 0 Å². The summed E-state index contributed by atoms with van der Waals surface area (Å²) < 4.78 is 0. The van der Waals surface area contributed by atoms with Gasteiger partial charge in [-0.1, -0.05) is 0 Å². The summed E-state index contributed by atoms with van der Waals surface area (Å²) in [6, 6.07) is 3.99. The Kier molecular flexibility index (Phi) is 3.21. The van der Waals surface area contributed by atoms with Gasteiger partial charge in [0.1, 0.15) is 23.6 Å². The van der Waals surface area contributed by atoms with E-state index in [1.165, 1.54) is 0 Å². The lowest BCUT2D eigenvalue weighted by Gasteiger charge is -2.32. The molecule has 1 aliphatic rings. The van der Waals surface area contributed by atoms with E-state index in [0.717, 1.165) is 54.3 Å². The molecule has 1 N–H and O–H groups in total. The van der Waals surface area contributed by atoms with Crippen LogP contribution in [0.1, 0.15) is 30.3 Å². The average Bonchev–Trinajstić information content (AvgIpc) is 3.04. The Labute approximate surface area is 128 Å². The third kappa shape index (κ3) is 2.30. The van der Waals surface area contributed by atoms with Crippen LogP contribution in [0.15, 0.2) is 30.9 Å². The molecule has 1 saturated heterocycles. The highest BCUT2D eigenvalue weighted by atomic mass is 15.2.